The summed E-state index contributed by atoms with van der Waals surface area (Å²) in [4.78, 5) is 12.1. The minimum Gasteiger partial charge on any atom is -0.460 e. The highest BCUT2D eigenvalue weighted by atomic mass is 32.2. The maximum atomic E-state index is 12.2. The molecule has 0 amide bonds. The van der Waals surface area contributed by atoms with Gasteiger partial charge in [-0.2, -0.15) is 8.42 Å². The number of ether oxygens (including phenoxy) is 1. The van der Waals surface area contributed by atoms with Crippen LogP contribution >= 0.6 is 0 Å². The second kappa shape index (κ2) is 21.0. The normalized spacial score (nSPS) is 13.8. The quantitative estimate of drug-likeness (QED) is 0.101. The number of rotatable bonds is 19. The molecule has 1 aromatic rings. The van der Waals surface area contributed by atoms with E-state index in [-0.39, 0.29) is 23.9 Å². The molecule has 208 valence electrons. The predicted molar refractivity (Wildman–Crippen MR) is 157 cm³/mol. The van der Waals surface area contributed by atoms with Crippen LogP contribution in [0.25, 0.3) is 0 Å². The van der Waals surface area contributed by atoms with Gasteiger partial charge in [-0.25, -0.2) is 0 Å². The summed E-state index contributed by atoms with van der Waals surface area (Å²) in [5.41, 5.74) is 0.957. The molecule has 0 radical (unpaired) electrons. The largest absolute Gasteiger partial charge is 0.460 e. The summed E-state index contributed by atoms with van der Waals surface area (Å²) in [5, 5.41) is 0. The zero-order chi connectivity index (χ0) is 27.9. The molecule has 0 saturated carbocycles. The van der Waals surface area contributed by atoms with Crippen molar-refractivity contribution in [3.8, 4) is 0 Å². The van der Waals surface area contributed by atoms with Gasteiger partial charge in [0.1, 0.15) is 12.7 Å². The average molecular weight is 541 g/mol. The van der Waals surface area contributed by atoms with Crippen molar-refractivity contribution in [1.82, 2.24) is 0 Å². The lowest BCUT2D eigenvalue weighted by Gasteiger charge is -2.13. The summed E-state index contributed by atoms with van der Waals surface area (Å²) in [6.45, 7) is 5.41. The molecule has 0 bridgehead atoms. The van der Waals surface area contributed by atoms with Crippen molar-refractivity contribution < 1.29 is 22.1 Å². The Morgan fingerprint density at radius 1 is 0.763 bits per heavy atom. The second-order valence-corrected chi connectivity index (χ2v) is 10.4. The summed E-state index contributed by atoms with van der Waals surface area (Å²) >= 11 is 0. The number of carbonyl (C=O) groups excluding carboxylic acids is 1. The Bertz CT molecular complexity index is 1060. The van der Waals surface area contributed by atoms with E-state index in [0.29, 0.717) is 6.42 Å². The van der Waals surface area contributed by atoms with Gasteiger partial charge in [0.15, 0.2) is 0 Å². The first kappa shape index (κ1) is 33.1. The van der Waals surface area contributed by atoms with E-state index in [1.54, 1.807) is 19.1 Å². The van der Waals surface area contributed by atoms with Gasteiger partial charge in [0.2, 0.25) is 0 Å². The monoisotopic (exact) mass is 540 g/mol. The minimum absolute atomic E-state index is 0.0827. The third kappa shape index (κ3) is 17.5. The SMILES string of the molecule is CCC=CCC=CCC=CCC=CCC=CCC=CCCC(=O)O[C@@H](C)COS(=O)(=O)c1ccc(C)cc1. The lowest BCUT2D eigenvalue weighted by molar-refractivity contribution is -0.149. The van der Waals surface area contributed by atoms with Gasteiger partial charge in [-0.05, 0) is 70.9 Å². The van der Waals surface area contributed by atoms with Crippen LogP contribution in [-0.2, 0) is 23.8 Å². The lowest BCUT2D eigenvalue weighted by atomic mass is 10.2. The van der Waals surface area contributed by atoms with E-state index in [1.807, 2.05) is 19.1 Å². The molecule has 38 heavy (non-hydrogen) atoms. The zero-order valence-electron chi connectivity index (χ0n) is 23.1. The molecular weight excluding hydrogens is 496 g/mol. The van der Waals surface area contributed by atoms with Crippen molar-refractivity contribution in [2.75, 3.05) is 6.61 Å². The van der Waals surface area contributed by atoms with Crippen LogP contribution in [-0.4, -0.2) is 27.1 Å². The molecule has 5 nitrogen and oxygen atoms in total. The van der Waals surface area contributed by atoms with Crippen molar-refractivity contribution in [2.45, 2.75) is 83.1 Å². The number of esters is 1. The molecule has 0 aliphatic carbocycles. The summed E-state index contributed by atoms with van der Waals surface area (Å²) in [6, 6.07) is 6.39. The van der Waals surface area contributed by atoms with Crippen molar-refractivity contribution in [1.29, 1.82) is 0 Å². The van der Waals surface area contributed by atoms with Crippen LogP contribution in [0.15, 0.2) is 102 Å². The van der Waals surface area contributed by atoms with E-state index >= 15 is 0 Å². The minimum atomic E-state index is -3.87. The maximum Gasteiger partial charge on any atom is 0.306 e. The molecule has 6 heteroatoms. The maximum absolute atomic E-state index is 12.2. The molecule has 0 heterocycles. The standard InChI is InChI=1S/C32H44O5S/c1-4-5-6-7-8-9-10-11-12-13-14-15-16-17-18-19-20-21-22-23-32(33)37-30(3)28-36-38(34,35)31-26-24-29(2)25-27-31/h5-6,8-9,11-12,14-15,17-18,20-21,24-27,30H,4,7,10,13,16,19,22-23,28H2,1-3H3/t30-/m0/s1. The third-order valence-corrected chi connectivity index (χ3v) is 6.51. The van der Waals surface area contributed by atoms with Gasteiger partial charge in [-0.15, -0.1) is 0 Å². The Morgan fingerprint density at radius 2 is 1.21 bits per heavy atom. The van der Waals surface area contributed by atoms with Gasteiger partial charge < -0.3 is 4.74 Å². The van der Waals surface area contributed by atoms with Crippen molar-refractivity contribution >= 4 is 16.1 Å². The topological polar surface area (TPSA) is 69.7 Å². The third-order valence-electron chi connectivity index (χ3n) is 5.21. The lowest BCUT2D eigenvalue weighted by Crippen LogP contribution is -2.22. The molecule has 1 aromatic carbocycles. The molecule has 0 aliphatic heterocycles. The van der Waals surface area contributed by atoms with Crippen molar-refractivity contribution in [2.24, 2.45) is 0 Å². The van der Waals surface area contributed by atoms with E-state index < -0.39 is 16.2 Å². The molecule has 1 rings (SSSR count). The molecule has 0 aliphatic rings. The Balaban J connectivity index is 2.10. The van der Waals surface area contributed by atoms with E-state index in [1.165, 1.54) is 12.1 Å². The molecule has 0 aromatic heterocycles. The number of aryl methyl sites for hydroxylation is 1. The van der Waals surface area contributed by atoms with E-state index in [0.717, 1.165) is 44.1 Å². The number of allylic oxidation sites excluding steroid dienone is 12. The number of benzene rings is 1. The van der Waals surface area contributed by atoms with Crippen molar-refractivity contribution in [3.63, 3.8) is 0 Å². The van der Waals surface area contributed by atoms with Gasteiger partial charge in [-0.1, -0.05) is 97.5 Å². The van der Waals surface area contributed by atoms with Crippen LogP contribution in [0, 0.1) is 6.92 Å². The molecule has 0 saturated heterocycles. The van der Waals surface area contributed by atoms with E-state index in [9.17, 15) is 13.2 Å². The number of carbonyl (C=O) groups is 1. The van der Waals surface area contributed by atoms with E-state index in [2.05, 4.69) is 67.7 Å². The molecule has 0 N–H and O–H groups in total. The second-order valence-electron chi connectivity index (χ2n) is 8.81. The zero-order valence-corrected chi connectivity index (χ0v) is 23.9. The van der Waals surface area contributed by atoms with E-state index in [4.69, 9.17) is 8.92 Å². The smallest absolute Gasteiger partial charge is 0.306 e. The average Bonchev–Trinajstić information content (AvgIpc) is 2.89. The van der Waals surface area contributed by atoms with Crippen LogP contribution in [0.3, 0.4) is 0 Å². The molecule has 0 unspecified atom stereocenters. The van der Waals surface area contributed by atoms with Gasteiger partial charge >= 0.3 is 5.97 Å². The first-order chi connectivity index (χ1) is 18.3. The highest BCUT2D eigenvalue weighted by Crippen LogP contribution is 2.14. The predicted octanol–water partition coefficient (Wildman–Crippen LogP) is 8.11. The molecule has 1 atom stereocenters. The molecular formula is C32H44O5S. The summed E-state index contributed by atoms with van der Waals surface area (Å²) in [7, 11) is -3.87. The van der Waals surface area contributed by atoms with Gasteiger partial charge in [0, 0.05) is 6.42 Å². The fraction of sp³-hybridized carbons (Fsp3) is 0.406. The van der Waals surface area contributed by atoms with Crippen LogP contribution < -0.4 is 0 Å². The Labute approximate surface area is 230 Å². The number of hydrogen-bond acceptors (Lipinski definition) is 5. The van der Waals surface area contributed by atoms with Crippen LogP contribution in [0.1, 0.15) is 70.8 Å². The van der Waals surface area contributed by atoms with Crippen LogP contribution in [0.5, 0.6) is 0 Å². The van der Waals surface area contributed by atoms with Crippen LogP contribution in [0.4, 0.5) is 0 Å². The first-order valence-electron chi connectivity index (χ1n) is 13.4. The fourth-order valence-electron chi connectivity index (χ4n) is 3.12. The Kier molecular flexibility index (Phi) is 18.3. The molecule has 0 spiro atoms. The Morgan fingerprint density at radius 3 is 1.68 bits per heavy atom. The highest BCUT2D eigenvalue weighted by Gasteiger charge is 2.18. The molecule has 0 fully saturated rings. The van der Waals surface area contributed by atoms with Gasteiger partial charge in [0.05, 0.1) is 4.90 Å². The van der Waals surface area contributed by atoms with Gasteiger partial charge in [0.25, 0.3) is 10.1 Å². The highest BCUT2D eigenvalue weighted by molar-refractivity contribution is 7.86. The fourth-order valence-corrected chi connectivity index (χ4v) is 4.09. The Hall–Kier alpha value is -2.96. The van der Waals surface area contributed by atoms with Crippen molar-refractivity contribution in [3.05, 3.63) is 103 Å². The number of hydrogen-bond donors (Lipinski definition) is 0. The summed E-state index contributed by atoms with van der Waals surface area (Å²) in [5.74, 6) is -0.381. The summed E-state index contributed by atoms with van der Waals surface area (Å²) in [6.07, 6.45) is 31.5. The first-order valence-corrected chi connectivity index (χ1v) is 14.8. The summed E-state index contributed by atoms with van der Waals surface area (Å²) < 4.78 is 34.7. The van der Waals surface area contributed by atoms with Gasteiger partial charge in [-0.3, -0.25) is 8.98 Å². The van der Waals surface area contributed by atoms with Crippen LogP contribution in [0.2, 0.25) is 0 Å².